The normalized spacial score (nSPS) is 17.4. The lowest BCUT2D eigenvalue weighted by molar-refractivity contribution is 0.0948. The number of amides is 1. The molecule has 1 aliphatic rings. The minimum absolute atomic E-state index is 0.00495. The van der Waals surface area contributed by atoms with Gasteiger partial charge in [0.15, 0.2) is 9.84 Å². The number of nitrogens with one attached hydrogen (secondary N) is 1. The Labute approximate surface area is 193 Å². The van der Waals surface area contributed by atoms with E-state index in [1.165, 1.54) is 17.3 Å². The molecular formula is C24H27N3O3S2. The Balaban J connectivity index is 1.44. The highest BCUT2D eigenvalue weighted by Gasteiger charge is 2.29. The summed E-state index contributed by atoms with van der Waals surface area (Å²) in [6.07, 6.45) is 0.627. The van der Waals surface area contributed by atoms with E-state index < -0.39 is 9.84 Å². The molecule has 1 aromatic heterocycles. The van der Waals surface area contributed by atoms with Gasteiger partial charge in [-0.3, -0.25) is 9.48 Å². The number of hydrogen-bond acceptors (Lipinski definition) is 5. The first-order valence-electron chi connectivity index (χ1n) is 10.6. The molecule has 6 nitrogen and oxygen atoms in total. The van der Waals surface area contributed by atoms with Crippen LogP contribution in [0.4, 0.5) is 0 Å². The number of benzene rings is 2. The molecule has 1 fully saturated rings. The third-order valence-corrected chi connectivity index (χ3v) is 9.07. The topological polar surface area (TPSA) is 81.1 Å². The lowest BCUT2D eigenvalue weighted by Crippen LogP contribution is -2.24. The van der Waals surface area contributed by atoms with Gasteiger partial charge in [-0.15, -0.1) is 11.8 Å². The summed E-state index contributed by atoms with van der Waals surface area (Å²) < 4.78 is 25.5. The van der Waals surface area contributed by atoms with Crippen LogP contribution in [0.3, 0.4) is 0 Å². The zero-order valence-electron chi connectivity index (χ0n) is 18.2. The van der Waals surface area contributed by atoms with Crippen LogP contribution in [0.5, 0.6) is 0 Å². The van der Waals surface area contributed by atoms with Gasteiger partial charge in [-0.25, -0.2) is 8.42 Å². The van der Waals surface area contributed by atoms with E-state index in [4.69, 9.17) is 0 Å². The molecule has 1 unspecified atom stereocenters. The van der Waals surface area contributed by atoms with E-state index in [1.54, 1.807) is 6.07 Å². The molecule has 1 aliphatic heterocycles. The molecule has 168 valence electrons. The number of aryl methyl sites for hydroxylation is 1. The molecule has 1 N–H and O–H groups in total. The molecule has 0 saturated carbocycles. The molecule has 8 heteroatoms. The third-order valence-electron chi connectivity index (χ3n) is 5.75. The van der Waals surface area contributed by atoms with Crippen molar-refractivity contribution in [2.24, 2.45) is 0 Å². The summed E-state index contributed by atoms with van der Waals surface area (Å²) in [4.78, 5) is 13.8. The summed E-state index contributed by atoms with van der Waals surface area (Å²) in [7, 11) is -2.96. The summed E-state index contributed by atoms with van der Waals surface area (Å²) in [6, 6.07) is 17.6. The van der Waals surface area contributed by atoms with Gasteiger partial charge in [0.2, 0.25) is 0 Å². The molecule has 2 aromatic carbocycles. The monoisotopic (exact) mass is 469 g/mol. The maximum absolute atomic E-state index is 13.0. The largest absolute Gasteiger partial charge is 0.348 e. The molecule has 0 spiro atoms. The van der Waals surface area contributed by atoms with E-state index in [-0.39, 0.29) is 22.7 Å². The number of sulfone groups is 1. The van der Waals surface area contributed by atoms with Crippen LogP contribution in [0.15, 0.2) is 59.5 Å². The summed E-state index contributed by atoms with van der Waals surface area (Å²) in [6.45, 7) is 5.06. The molecule has 2 heterocycles. The van der Waals surface area contributed by atoms with Gasteiger partial charge in [0.1, 0.15) is 0 Å². The van der Waals surface area contributed by atoms with E-state index in [2.05, 4.69) is 22.5 Å². The van der Waals surface area contributed by atoms with E-state index in [0.717, 1.165) is 21.8 Å². The number of carbonyl (C=O) groups is 1. The van der Waals surface area contributed by atoms with Crippen LogP contribution >= 0.6 is 11.8 Å². The maximum Gasteiger partial charge on any atom is 0.252 e. The highest BCUT2D eigenvalue weighted by atomic mass is 32.2. The number of nitrogens with zero attached hydrogens (tertiary/aromatic N) is 2. The lowest BCUT2D eigenvalue weighted by Gasteiger charge is -2.13. The number of carbonyl (C=O) groups excluding carboxylic acids is 1. The van der Waals surface area contributed by atoms with E-state index in [9.17, 15) is 13.2 Å². The van der Waals surface area contributed by atoms with Crippen molar-refractivity contribution < 1.29 is 13.2 Å². The van der Waals surface area contributed by atoms with Crippen molar-refractivity contribution in [3.63, 3.8) is 0 Å². The molecule has 32 heavy (non-hydrogen) atoms. The first kappa shape index (κ1) is 22.6. The summed E-state index contributed by atoms with van der Waals surface area (Å²) in [5.41, 5.74) is 4.70. The zero-order valence-corrected chi connectivity index (χ0v) is 19.9. The lowest BCUT2D eigenvalue weighted by atomic mass is 10.1. The maximum atomic E-state index is 13.0. The second-order valence-corrected chi connectivity index (χ2v) is 11.7. The number of hydrogen-bond donors (Lipinski definition) is 1. The van der Waals surface area contributed by atoms with Crippen molar-refractivity contribution in [3.05, 3.63) is 82.7 Å². The van der Waals surface area contributed by atoms with Crippen molar-refractivity contribution in [1.29, 1.82) is 0 Å². The summed E-state index contributed by atoms with van der Waals surface area (Å²) in [5, 5.41) is 7.69. The molecule has 0 aliphatic carbocycles. The smallest absolute Gasteiger partial charge is 0.252 e. The molecule has 3 aromatic rings. The fourth-order valence-corrected chi connectivity index (χ4v) is 7.58. The minimum atomic E-state index is -2.96. The summed E-state index contributed by atoms with van der Waals surface area (Å²) in [5.74, 6) is 0.237. The average molecular weight is 470 g/mol. The van der Waals surface area contributed by atoms with Crippen molar-refractivity contribution in [2.75, 3.05) is 11.5 Å². The average Bonchev–Trinajstić information content (AvgIpc) is 3.24. The van der Waals surface area contributed by atoms with Gasteiger partial charge in [-0.2, -0.15) is 5.10 Å². The molecular weight excluding hydrogens is 442 g/mol. The van der Waals surface area contributed by atoms with Crippen molar-refractivity contribution in [2.45, 2.75) is 43.5 Å². The van der Waals surface area contributed by atoms with Crippen LogP contribution in [0.2, 0.25) is 0 Å². The Morgan fingerprint density at radius 3 is 2.56 bits per heavy atom. The second-order valence-electron chi connectivity index (χ2n) is 8.11. The van der Waals surface area contributed by atoms with E-state index >= 15 is 0 Å². The fraction of sp³-hybridized carbons (Fsp3) is 0.333. The van der Waals surface area contributed by atoms with Gasteiger partial charge in [-0.1, -0.05) is 42.5 Å². The minimum Gasteiger partial charge on any atom is -0.348 e. The van der Waals surface area contributed by atoms with E-state index in [0.29, 0.717) is 25.1 Å². The highest BCUT2D eigenvalue weighted by molar-refractivity contribution is 8.02. The predicted molar refractivity (Wildman–Crippen MR) is 128 cm³/mol. The van der Waals surface area contributed by atoms with Gasteiger partial charge in [-0.05, 0) is 38.0 Å². The molecule has 1 saturated heterocycles. The van der Waals surface area contributed by atoms with Crippen LogP contribution < -0.4 is 5.32 Å². The van der Waals surface area contributed by atoms with Crippen LogP contribution in [-0.4, -0.2) is 40.9 Å². The molecule has 1 atom stereocenters. The van der Waals surface area contributed by atoms with Gasteiger partial charge < -0.3 is 5.32 Å². The van der Waals surface area contributed by atoms with Gasteiger partial charge in [0.05, 0.1) is 29.3 Å². The predicted octanol–water partition coefficient (Wildman–Crippen LogP) is 3.76. The van der Waals surface area contributed by atoms with Crippen LogP contribution in [-0.2, 0) is 22.9 Å². The SMILES string of the molecule is Cc1nn(Cc2ccccc2)c(C)c1CNC(=O)c1ccccc1SC1CCS(=O)(=O)C1. The highest BCUT2D eigenvalue weighted by Crippen LogP contribution is 2.33. The number of rotatable bonds is 7. The number of aromatic nitrogens is 2. The Morgan fingerprint density at radius 1 is 1.12 bits per heavy atom. The molecule has 1 amide bonds. The van der Waals surface area contributed by atoms with Crippen LogP contribution in [0.25, 0.3) is 0 Å². The second kappa shape index (κ2) is 9.50. The molecule has 0 bridgehead atoms. The van der Waals surface area contributed by atoms with Crippen molar-refractivity contribution in [3.8, 4) is 0 Å². The van der Waals surface area contributed by atoms with Crippen LogP contribution in [0, 0.1) is 13.8 Å². The summed E-state index contributed by atoms with van der Waals surface area (Å²) >= 11 is 1.49. The molecule has 4 rings (SSSR count). The number of thioether (sulfide) groups is 1. The van der Waals surface area contributed by atoms with Gasteiger partial charge in [0, 0.05) is 27.9 Å². The molecule has 0 radical (unpaired) electrons. The van der Waals surface area contributed by atoms with Crippen molar-refractivity contribution in [1.82, 2.24) is 15.1 Å². The Kier molecular flexibility index (Phi) is 6.71. The quantitative estimate of drug-likeness (QED) is 0.570. The standard InChI is InChI=1S/C24H27N3O3S2/c1-17-22(18(2)27(26-17)15-19-8-4-3-5-9-19)14-25-24(28)21-10-6-7-11-23(21)31-20-12-13-32(29,30)16-20/h3-11,20H,12-16H2,1-2H3,(H,25,28). The Morgan fingerprint density at radius 2 is 1.84 bits per heavy atom. The Bertz CT molecular complexity index is 1220. The van der Waals surface area contributed by atoms with Crippen LogP contribution in [0.1, 0.15) is 39.3 Å². The first-order chi connectivity index (χ1) is 15.3. The van der Waals surface area contributed by atoms with Gasteiger partial charge in [0.25, 0.3) is 5.91 Å². The fourth-order valence-electron chi connectivity index (χ4n) is 3.95. The first-order valence-corrected chi connectivity index (χ1v) is 13.3. The van der Waals surface area contributed by atoms with Gasteiger partial charge >= 0.3 is 0 Å². The van der Waals surface area contributed by atoms with Crippen molar-refractivity contribution >= 4 is 27.5 Å². The third kappa shape index (κ3) is 5.24. The van der Waals surface area contributed by atoms with E-state index in [1.807, 2.05) is 54.9 Å². The Hall–Kier alpha value is -2.58. The zero-order chi connectivity index (χ0) is 22.7.